The summed E-state index contributed by atoms with van der Waals surface area (Å²) in [6.07, 6.45) is 4.81. The maximum atomic E-state index is 11.9. The summed E-state index contributed by atoms with van der Waals surface area (Å²) in [7, 11) is 0. The lowest BCUT2D eigenvalue weighted by atomic mass is 9.75. The Hall–Kier alpha value is -0.610. The molecule has 4 nitrogen and oxygen atoms in total. The molecule has 1 heterocycles. The number of hydrogen-bond acceptors (Lipinski definition) is 3. The Balaban J connectivity index is 1.80. The van der Waals surface area contributed by atoms with E-state index in [1.165, 1.54) is 0 Å². The van der Waals surface area contributed by atoms with Crippen LogP contribution in [0.3, 0.4) is 0 Å². The number of carbonyl (C=O) groups is 1. The zero-order valence-corrected chi connectivity index (χ0v) is 9.11. The number of carbonyl (C=O) groups excluding carboxylic acids is 1. The maximum absolute atomic E-state index is 11.9. The number of nitrogens with zero attached hydrogens (tertiary/aromatic N) is 1. The summed E-state index contributed by atoms with van der Waals surface area (Å²) in [5, 5.41) is 9.34. The molecule has 2 rings (SSSR count). The quantitative estimate of drug-likeness (QED) is 0.689. The predicted octanol–water partition coefficient (Wildman–Crippen LogP) is 0.241. The number of aliphatic hydroxyl groups is 1. The largest absolute Gasteiger partial charge is 0.393 e. The first-order valence-corrected chi connectivity index (χ1v) is 5.84. The monoisotopic (exact) mass is 212 g/mol. The van der Waals surface area contributed by atoms with Gasteiger partial charge in [-0.05, 0) is 32.1 Å². The van der Waals surface area contributed by atoms with Crippen LogP contribution < -0.4 is 5.73 Å². The second-order valence-corrected chi connectivity index (χ2v) is 5.00. The molecule has 3 N–H and O–H groups in total. The van der Waals surface area contributed by atoms with E-state index < -0.39 is 0 Å². The van der Waals surface area contributed by atoms with Crippen molar-refractivity contribution < 1.29 is 9.90 Å². The first-order chi connectivity index (χ1) is 7.09. The maximum Gasteiger partial charge on any atom is 0.224 e. The molecule has 0 aromatic heterocycles. The Morgan fingerprint density at radius 2 is 2.00 bits per heavy atom. The lowest BCUT2D eigenvalue weighted by Gasteiger charge is -2.40. The zero-order valence-electron chi connectivity index (χ0n) is 9.11. The molecule has 1 aliphatic carbocycles. The minimum atomic E-state index is -0.218. The Labute approximate surface area is 90.4 Å². The number of hydrogen-bond donors (Lipinski definition) is 2. The van der Waals surface area contributed by atoms with Gasteiger partial charge in [0.15, 0.2) is 0 Å². The fourth-order valence-corrected chi connectivity index (χ4v) is 2.34. The number of likely N-dealkylation sites (tertiary alicyclic amines) is 1. The van der Waals surface area contributed by atoms with Gasteiger partial charge in [0.05, 0.1) is 6.10 Å². The number of piperidine rings is 1. The fourth-order valence-electron chi connectivity index (χ4n) is 2.34. The first kappa shape index (κ1) is 10.9. The van der Waals surface area contributed by atoms with Gasteiger partial charge in [-0.25, -0.2) is 0 Å². The Morgan fingerprint density at radius 1 is 1.40 bits per heavy atom. The van der Waals surface area contributed by atoms with E-state index >= 15 is 0 Å². The highest BCUT2D eigenvalue weighted by Gasteiger charge is 2.36. The summed E-state index contributed by atoms with van der Waals surface area (Å²) in [5.74, 6) is 0.170. The molecule has 0 bridgehead atoms. The van der Waals surface area contributed by atoms with Gasteiger partial charge in [-0.1, -0.05) is 0 Å². The van der Waals surface area contributed by atoms with Gasteiger partial charge in [-0.15, -0.1) is 0 Å². The van der Waals surface area contributed by atoms with Crippen molar-refractivity contribution in [3.8, 4) is 0 Å². The van der Waals surface area contributed by atoms with E-state index in [4.69, 9.17) is 5.73 Å². The molecule has 0 atom stereocenters. The molecule has 1 amide bonds. The summed E-state index contributed by atoms with van der Waals surface area (Å²) in [4.78, 5) is 13.7. The molecule has 4 heteroatoms. The second kappa shape index (κ2) is 4.10. The van der Waals surface area contributed by atoms with Crippen molar-refractivity contribution in [3.05, 3.63) is 0 Å². The van der Waals surface area contributed by atoms with Crippen molar-refractivity contribution >= 4 is 5.91 Å². The number of rotatable bonds is 2. The Morgan fingerprint density at radius 3 is 2.47 bits per heavy atom. The summed E-state index contributed by atoms with van der Waals surface area (Å²) >= 11 is 0. The lowest BCUT2D eigenvalue weighted by molar-refractivity contribution is -0.135. The minimum absolute atomic E-state index is 0.170. The molecule has 0 unspecified atom stereocenters. The average molecular weight is 212 g/mol. The van der Waals surface area contributed by atoms with E-state index in [-0.39, 0.29) is 17.6 Å². The number of amides is 1. The van der Waals surface area contributed by atoms with Crippen LogP contribution in [0.4, 0.5) is 0 Å². The molecule has 0 aromatic carbocycles. The number of nitrogens with two attached hydrogens (primary N) is 1. The van der Waals surface area contributed by atoms with Crippen molar-refractivity contribution in [1.29, 1.82) is 0 Å². The van der Waals surface area contributed by atoms with Crippen LogP contribution in [0.5, 0.6) is 0 Å². The predicted molar refractivity (Wildman–Crippen MR) is 57.2 cm³/mol. The average Bonchev–Trinajstić information content (AvgIpc) is 2.16. The van der Waals surface area contributed by atoms with E-state index in [2.05, 4.69) is 0 Å². The molecule has 15 heavy (non-hydrogen) atoms. The van der Waals surface area contributed by atoms with Crippen molar-refractivity contribution in [3.63, 3.8) is 0 Å². The van der Waals surface area contributed by atoms with Gasteiger partial charge in [0.1, 0.15) is 0 Å². The molecule has 1 aliphatic heterocycles. The number of aliphatic hydroxyl groups excluding tert-OH is 1. The SMILES string of the molecule is NC1(CC(=O)N2CCC(O)CC2)CCC1. The topological polar surface area (TPSA) is 66.6 Å². The van der Waals surface area contributed by atoms with Crippen molar-refractivity contribution in [2.45, 2.75) is 50.2 Å². The molecule has 1 saturated heterocycles. The van der Waals surface area contributed by atoms with E-state index in [1.54, 1.807) is 0 Å². The minimum Gasteiger partial charge on any atom is -0.393 e. The van der Waals surface area contributed by atoms with Gasteiger partial charge in [-0.3, -0.25) is 4.79 Å². The summed E-state index contributed by atoms with van der Waals surface area (Å²) in [6.45, 7) is 1.38. The van der Waals surface area contributed by atoms with Crippen LogP contribution in [-0.4, -0.2) is 40.6 Å². The van der Waals surface area contributed by atoms with Crippen molar-refractivity contribution in [1.82, 2.24) is 4.90 Å². The van der Waals surface area contributed by atoms with Crippen molar-refractivity contribution in [2.75, 3.05) is 13.1 Å². The molecule has 86 valence electrons. The highest BCUT2D eigenvalue weighted by Crippen LogP contribution is 2.32. The van der Waals surface area contributed by atoms with E-state index in [9.17, 15) is 9.90 Å². The Bertz CT molecular complexity index is 243. The lowest BCUT2D eigenvalue weighted by Crippen LogP contribution is -2.51. The van der Waals surface area contributed by atoms with E-state index in [0.29, 0.717) is 32.4 Å². The highest BCUT2D eigenvalue weighted by molar-refractivity contribution is 5.77. The van der Waals surface area contributed by atoms with Gasteiger partial charge in [0.2, 0.25) is 5.91 Å². The molecule has 1 saturated carbocycles. The van der Waals surface area contributed by atoms with Gasteiger partial charge < -0.3 is 15.7 Å². The third-order valence-corrected chi connectivity index (χ3v) is 3.67. The second-order valence-electron chi connectivity index (χ2n) is 5.00. The van der Waals surface area contributed by atoms with Gasteiger partial charge in [-0.2, -0.15) is 0 Å². The van der Waals surface area contributed by atoms with Crippen LogP contribution in [0, 0.1) is 0 Å². The van der Waals surface area contributed by atoms with Crippen LogP contribution in [0.1, 0.15) is 38.5 Å². The zero-order chi connectivity index (χ0) is 10.9. The smallest absolute Gasteiger partial charge is 0.224 e. The molecule has 0 radical (unpaired) electrons. The standard InChI is InChI=1S/C11H20N2O2/c12-11(4-1-5-11)8-10(15)13-6-2-9(14)3-7-13/h9,14H,1-8,12H2. The van der Waals surface area contributed by atoms with Crippen LogP contribution in [0.2, 0.25) is 0 Å². The van der Waals surface area contributed by atoms with Gasteiger partial charge in [0, 0.05) is 25.0 Å². The van der Waals surface area contributed by atoms with Gasteiger partial charge >= 0.3 is 0 Å². The van der Waals surface area contributed by atoms with Crippen LogP contribution >= 0.6 is 0 Å². The summed E-state index contributed by atoms with van der Waals surface area (Å²) in [6, 6.07) is 0. The van der Waals surface area contributed by atoms with E-state index in [1.807, 2.05) is 4.90 Å². The summed E-state index contributed by atoms with van der Waals surface area (Å²) in [5.41, 5.74) is 5.83. The molecule has 2 aliphatic rings. The van der Waals surface area contributed by atoms with Gasteiger partial charge in [0.25, 0.3) is 0 Å². The third kappa shape index (κ3) is 2.49. The molecular weight excluding hydrogens is 192 g/mol. The van der Waals surface area contributed by atoms with E-state index in [0.717, 1.165) is 19.3 Å². The molecule has 0 spiro atoms. The summed E-state index contributed by atoms with van der Waals surface area (Å²) < 4.78 is 0. The van der Waals surface area contributed by atoms with Crippen LogP contribution in [-0.2, 0) is 4.79 Å². The van der Waals surface area contributed by atoms with Crippen LogP contribution in [0.25, 0.3) is 0 Å². The highest BCUT2D eigenvalue weighted by atomic mass is 16.3. The van der Waals surface area contributed by atoms with Crippen molar-refractivity contribution in [2.24, 2.45) is 5.73 Å². The normalized spacial score (nSPS) is 26.1. The fraction of sp³-hybridized carbons (Fsp3) is 0.909. The molecular formula is C11H20N2O2. The molecule has 2 fully saturated rings. The Kier molecular flexibility index (Phi) is 2.98. The molecule has 0 aromatic rings. The first-order valence-electron chi connectivity index (χ1n) is 5.84. The third-order valence-electron chi connectivity index (χ3n) is 3.67. The van der Waals surface area contributed by atoms with Crippen LogP contribution in [0.15, 0.2) is 0 Å².